The van der Waals surface area contributed by atoms with Gasteiger partial charge in [0.05, 0.1) is 10.5 Å². The van der Waals surface area contributed by atoms with Crippen LogP contribution in [0.1, 0.15) is 17.3 Å². The van der Waals surface area contributed by atoms with Crippen LogP contribution >= 0.6 is 0 Å². The predicted octanol–water partition coefficient (Wildman–Crippen LogP) is 3.00. The quantitative estimate of drug-likeness (QED) is 0.576. The zero-order chi connectivity index (χ0) is 17.0. The molecule has 0 saturated carbocycles. The van der Waals surface area contributed by atoms with Crippen molar-refractivity contribution in [2.75, 3.05) is 10.6 Å². The molecule has 0 unspecified atom stereocenters. The van der Waals surface area contributed by atoms with Crippen molar-refractivity contribution in [2.45, 2.75) is 6.92 Å². The summed E-state index contributed by atoms with van der Waals surface area (Å²) in [6.45, 7) is 1.35. The Kier molecular flexibility index (Phi) is 4.55. The molecule has 0 aliphatic heterocycles. The summed E-state index contributed by atoms with van der Waals surface area (Å²) in [6.07, 6.45) is 0. The first-order valence-electron chi connectivity index (χ1n) is 6.54. The Hall–Kier alpha value is -3.42. The molecule has 0 atom stereocenters. The molecule has 23 heavy (non-hydrogen) atoms. The molecular weight excluding hydrogens is 302 g/mol. The van der Waals surface area contributed by atoms with Gasteiger partial charge in [0.2, 0.25) is 5.91 Å². The van der Waals surface area contributed by atoms with E-state index in [0.29, 0.717) is 11.4 Å². The molecule has 0 spiro atoms. The first-order valence-corrected chi connectivity index (χ1v) is 6.54. The van der Waals surface area contributed by atoms with Crippen LogP contribution in [0.25, 0.3) is 0 Å². The second-order valence-corrected chi connectivity index (χ2v) is 4.65. The topological polar surface area (TPSA) is 122 Å². The highest BCUT2D eigenvalue weighted by Crippen LogP contribution is 2.32. The fourth-order valence-corrected chi connectivity index (χ4v) is 2.02. The Morgan fingerprint density at radius 2 is 1.78 bits per heavy atom. The first kappa shape index (κ1) is 16.0. The van der Waals surface area contributed by atoms with Crippen molar-refractivity contribution >= 4 is 34.6 Å². The van der Waals surface area contributed by atoms with Crippen molar-refractivity contribution in [3.05, 3.63) is 58.1 Å². The molecule has 3 N–H and O–H groups in total. The lowest BCUT2D eigenvalue weighted by molar-refractivity contribution is -0.383. The number of carboxylic acids is 1. The van der Waals surface area contributed by atoms with Crippen molar-refractivity contribution in [2.24, 2.45) is 0 Å². The molecule has 0 aliphatic carbocycles. The molecule has 0 radical (unpaired) electrons. The third-order valence-corrected chi connectivity index (χ3v) is 2.92. The van der Waals surface area contributed by atoms with Crippen LogP contribution in [0, 0.1) is 10.1 Å². The van der Waals surface area contributed by atoms with Crippen molar-refractivity contribution in [3.8, 4) is 0 Å². The third kappa shape index (κ3) is 3.82. The van der Waals surface area contributed by atoms with Gasteiger partial charge in [-0.2, -0.15) is 0 Å². The molecule has 2 aromatic rings. The van der Waals surface area contributed by atoms with E-state index in [1.165, 1.54) is 25.1 Å². The van der Waals surface area contributed by atoms with Gasteiger partial charge in [0.1, 0.15) is 5.69 Å². The molecule has 0 aliphatic rings. The van der Waals surface area contributed by atoms with Gasteiger partial charge in [0.25, 0.3) is 5.69 Å². The van der Waals surface area contributed by atoms with Gasteiger partial charge in [0.15, 0.2) is 0 Å². The van der Waals surface area contributed by atoms with Gasteiger partial charge in [-0.1, -0.05) is 12.1 Å². The number of hydrogen-bond donors (Lipinski definition) is 3. The summed E-state index contributed by atoms with van der Waals surface area (Å²) >= 11 is 0. The average molecular weight is 315 g/mol. The number of carbonyl (C=O) groups is 2. The number of carbonyl (C=O) groups excluding carboxylic acids is 1. The zero-order valence-electron chi connectivity index (χ0n) is 12.1. The highest BCUT2D eigenvalue weighted by Gasteiger charge is 2.21. The minimum absolute atomic E-state index is 0.120. The summed E-state index contributed by atoms with van der Waals surface area (Å²) in [7, 11) is 0. The summed E-state index contributed by atoms with van der Waals surface area (Å²) in [5.74, 6) is -1.55. The number of amides is 1. The van der Waals surface area contributed by atoms with Gasteiger partial charge in [-0.05, 0) is 24.3 Å². The Morgan fingerprint density at radius 3 is 2.39 bits per heavy atom. The van der Waals surface area contributed by atoms with E-state index in [1.54, 1.807) is 24.3 Å². The monoisotopic (exact) mass is 315 g/mol. The number of hydrogen-bond acceptors (Lipinski definition) is 5. The van der Waals surface area contributed by atoms with E-state index in [1.807, 2.05) is 0 Å². The number of anilines is 3. The van der Waals surface area contributed by atoms with Crippen LogP contribution in [0.5, 0.6) is 0 Å². The van der Waals surface area contributed by atoms with E-state index in [2.05, 4.69) is 10.6 Å². The molecule has 0 bridgehead atoms. The summed E-state index contributed by atoms with van der Waals surface area (Å²) in [5.41, 5.74) is 0.204. The largest absolute Gasteiger partial charge is 0.478 e. The van der Waals surface area contributed by atoms with E-state index in [9.17, 15) is 24.8 Å². The summed E-state index contributed by atoms with van der Waals surface area (Å²) < 4.78 is 0. The maximum Gasteiger partial charge on any atom is 0.338 e. The number of nitrogens with one attached hydrogen (secondary N) is 2. The molecular formula is C15H13N3O5. The maximum atomic E-state index is 11.3. The van der Waals surface area contributed by atoms with Crippen LogP contribution in [0.4, 0.5) is 22.7 Å². The van der Waals surface area contributed by atoms with Crippen molar-refractivity contribution in [1.29, 1.82) is 0 Å². The van der Waals surface area contributed by atoms with Crippen LogP contribution < -0.4 is 10.6 Å². The van der Waals surface area contributed by atoms with E-state index in [-0.39, 0.29) is 22.8 Å². The number of rotatable bonds is 5. The predicted molar refractivity (Wildman–Crippen MR) is 84.1 cm³/mol. The second-order valence-electron chi connectivity index (χ2n) is 4.65. The Labute approximate surface area is 130 Å². The molecule has 1 amide bonds. The zero-order valence-corrected chi connectivity index (χ0v) is 12.1. The lowest BCUT2D eigenvalue weighted by Crippen LogP contribution is -2.07. The van der Waals surface area contributed by atoms with Gasteiger partial charge < -0.3 is 15.7 Å². The Bertz CT molecular complexity index is 756. The second kappa shape index (κ2) is 6.56. The SMILES string of the molecule is CC(=O)Nc1cccc(Nc2c(C(=O)O)cccc2[N+](=O)[O-])c1. The summed E-state index contributed by atoms with van der Waals surface area (Å²) in [6, 6.07) is 10.2. The summed E-state index contributed by atoms with van der Waals surface area (Å²) in [5, 5.41) is 25.6. The molecule has 8 nitrogen and oxygen atoms in total. The Balaban J connectivity index is 2.45. The van der Waals surface area contributed by atoms with E-state index in [4.69, 9.17) is 0 Å². The number of nitro benzene ring substituents is 1. The molecule has 0 heterocycles. The summed E-state index contributed by atoms with van der Waals surface area (Å²) in [4.78, 5) is 32.8. The van der Waals surface area contributed by atoms with Gasteiger partial charge in [-0.3, -0.25) is 14.9 Å². The minimum Gasteiger partial charge on any atom is -0.478 e. The first-order chi connectivity index (χ1) is 10.9. The van der Waals surface area contributed by atoms with Gasteiger partial charge >= 0.3 is 5.97 Å². The maximum absolute atomic E-state index is 11.3. The molecule has 2 rings (SSSR count). The number of benzene rings is 2. The van der Waals surface area contributed by atoms with E-state index in [0.717, 1.165) is 0 Å². The smallest absolute Gasteiger partial charge is 0.338 e. The normalized spacial score (nSPS) is 9.96. The van der Waals surface area contributed by atoms with Gasteiger partial charge in [-0.25, -0.2) is 4.79 Å². The number of carboxylic acid groups (broad SMARTS) is 1. The number of para-hydroxylation sites is 1. The highest BCUT2D eigenvalue weighted by molar-refractivity contribution is 5.98. The molecule has 118 valence electrons. The lowest BCUT2D eigenvalue weighted by Gasteiger charge is -2.11. The molecule has 0 aromatic heterocycles. The van der Waals surface area contributed by atoms with Gasteiger partial charge in [-0.15, -0.1) is 0 Å². The average Bonchev–Trinajstić information content (AvgIpc) is 2.46. The standard InChI is InChI=1S/C15H13N3O5/c1-9(19)16-10-4-2-5-11(8-10)17-14-12(15(20)21)6-3-7-13(14)18(22)23/h2-8,17H,1H3,(H,16,19)(H,20,21). The number of aromatic carboxylic acids is 1. The van der Waals surface area contributed by atoms with Crippen LogP contribution in [-0.2, 0) is 4.79 Å². The van der Waals surface area contributed by atoms with E-state index >= 15 is 0 Å². The number of nitro groups is 1. The van der Waals surface area contributed by atoms with E-state index < -0.39 is 10.9 Å². The van der Waals surface area contributed by atoms with Crippen LogP contribution in [0.2, 0.25) is 0 Å². The fraction of sp³-hybridized carbons (Fsp3) is 0.0667. The van der Waals surface area contributed by atoms with Gasteiger partial charge in [0, 0.05) is 24.4 Å². The number of nitrogens with zero attached hydrogens (tertiary/aromatic N) is 1. The molecule has 2 aromatic carbocycles. The molecule has 0 saturated heterocycles. The lowest BCUT2D eigenvalue weighted by atomic mass is 10.1. The van der Waals surface area contributed by atoms with Crippen LogP contribution in [0.15, 0.2) is 42.5 Å². The van der Waals surface area contributed by atoms with Crippen LogP contribution in [0.3, 0.4) is 0 Å². The van der Waals surface area contributed by atoms with Crippen molar-refractivity contribution in [3.63, 3.8) is 0 Å². The van der Waals surface area contributed by atoms with Crippen LogP contribution in [-0.4, -0.2) is 21.9 Å². The molecule has 8 heteroatoms. The Morgan fingerprint density at radius 1 is 1.13 bits per heavy atom. The minimum atomic E-state index is -1.28. The van der Waals surface area contributed by atoms with Crippen molar-refractivity contribution < 1.29 is 19.6 Å². The fourth-order valence-electron chi connectivity index (χ4n) is 2.02. The van der Waals surface area contributed by atoms with Crippen molar-refractivity contribution in [1.82, 2.24) is 0 Å². The highest BCUT2D eigenvalue weighted by atomic mass is 16.6. The third-order valence-electron chi connectivity index (χ3n) is 2.92. The molecule has 0 fully saturated rings.